The molecule has 2 aromatic carbocycles. The van der Waals surface area contributed by atoms with Crippen LogP contribution >= 0.6 is 0 Å². The van der Waals surface area contributed by atoms with Crippen LogP contribution in [0.1, 0.15) is 17.2 Å². The standard InChI is InChI=1S/C23H25N3O4/c1-28-9-8-26-21(15-10-16(29-2)13-17(11-15)30-3)22(27)20(23(26)24)19-12-14-6-4-5-7-18(14)25-19/h4-7,10-11,13,21,24-25H,8-9,12H2,1-3H3. The zero-order valence-corrected chi connectivity index (χ0v) is 17.3. The summed E-state index contributed by atoms with van der Waals surface area (Å²) < 4.78 is 16.0. The van der Waals surface area contributed by atoms with E-state index in [1.807, 2.05) is 36.4 Å². The van der Waals surface area contributed by atoms with Gasteiger partial charge in [0.1, 0.15) is 23.4 Å². The van der Waals surface area contributed by atoms with Crippen molar-refractivity contribution in [3.63, 3.8) is 0 Å². The van der Waals surface area contributed by atoms with E-state index in [9.17, 15) is 4.79 Å². The minimum absolute atomic E-state index is 0.110. The van der Waals surface area contributed by atoms with Crippen LogP contribution in [0.15, 0.2) is 53.7 Å². The average Bonchev–Trinajstić information content (AvgIpc) is 3.29. The van der Waals surface area contributed by atoms with Crippen LogP contribution in [0, 0.1) is 5.41 Å². The molecular weight excluding hydrogens is 382 g/mol. The highest BCUT2D eigenvalue weighted by atomic mass is 16.5. The Morgan fingerprint density at radius 1 is 1.10 bits per heavy atom. The maximum atomic E-state index is 13.6. The first-order valence-electron chi connectivity index (χ1n) is 9.77. The average molecular weight is 407 g/mol. The SMILES string of the molecule is COCCN1C(=N)C(=C2Cc3ccccc3N2)C(=O)C1c1cc(OC)cc(OC)c1. The lowest BCUT2D eigenvalue weighted by Gasteiger charge is -2.25. The summed E-state index contributed by atoms with van der Waals surface area (Å²) in [5.74, 6) is 1.30. The number of nitrogens with one attached hydrogen (secondary N) is 2. The van der Waals surface area contributed by atoms with Crippen molar-refractivity contribution in [2.24, 2.45) is 0 Å². The minimum atomic E-state index is -0.635. The van der Waals surface area contributed by atoms with Gasteiger partial charge in [-0.3, -0.25) is 10.2 Å². The van der Waals surface area contributed by atoms with Crippen LogP contribution in [0.2, 0.25) is 0 Å². The molecule has 2 N–H and O–H groups in total. The molecule has 1 fully saturated rings. The van der Waals surface area contributed by atoms with Crippen LogP contribution in [-0.4, -0.2) is 51.0 Å². The number of Topliss-reactive ketones (excluding diaryl/α,β-unsaturated/α-hetero) is 1. The number of likely N-dealkylation sites (tertiary alicyclic amines) is 1. The molecule has 2 aliphatic heterocycles. The Labute approximate surface area is 175 Å². The van der Waals surface area contributed by atoms with E-state index >= 15 is 0 Å². The van der Waals surface area contributed by atoms with Crippen molar-refractivity contribution in [1.29, 1.82) is 5.41 Å². The van der Waals surface area contributed by atoms with Gasteiger partial charge in [-0.25, -0.2) is 0 Å². The second kappa shape index (κ2) is 8.20. The number of carbonyl (C=O) groups excluding carboxylic acids is 1. The van der Waals surface area contributed by atoms with E-state index in [2.05, 4.69) is 5.32 Å². The van der Waals surface area contributed by atoms with Gasteiger partial charge in [-0.05, 0) is 29.3 Å². The van der Waals surface area contributed by atoms with Crippen LogP contribution in [0.4, 0.5) is 5.69 Å². The molecule has 1 unspecified atom stereocenters. The Bertz CT molecular complexity index is 982. The fourth-order valence-corrected chi connectivity index (χ4v) is 4.05. The molecule has 0 spiro atoms. The molecule has 156 valence electrons. The van der Waals surface area contributed by atoms with Gasteiger partial charge in [-0.1, -0.05) is 18.2 Å². The molecule has 30 heavy (non-hydrogen) atoms. The van der Waals surface area contributed by atoms with Crippen molar-refractivity contribution in [2.45, 2.75) is 12.5 Å². The summed E-state index contributed by atoms with van der Waals surface area (Å²) in [6.45, 7) is 0.832. The molecule has 2 aliphatic rings. The number of ketones is 1. The highest BCUT2D eigenvalue weighted by Gasteiger charge is 2.44. The van der Waals surface area contributed by atoms with E-state index in [1.54, 1.807) is 32.3 Å². The van der Waals surface area contributed by atoms with Gasteiger partial charge in [0, 0.05) is 37.5 Å². The zero-order chi connectivity index (χ0) is 21.3. The van der Waals surface area contributed by atoms with Crippen molar-refractivity contribution in [3.8, 4) is 11.5 Å². The van der Waals surface area contributed by atoms with E-state index < -0.39 is 6.04 Å². The highest BCUT2D eigenvalue weighted by Crippen LogP contribution is 2.40. The zero-order valence-electron chi connectivity index (χ0n) is 17.3. The molecule has 7 heteroatoms. The first-order valence-corrected chi connectivity index (χ1v) is 9.77. The van der Waals surface area contributed by atoms with Gasteiger partial charge < -0.3 is 24.4 Å². The molecule has 0 saturated carbocycles. The molecule has 4 rings (SSSR count). The topological polar surface area (TPSA) is 83.9 Å². The largest absolute Gasteiger partial charge is 0.497 e. The Hall–Kier alpha value is -3.32. The summed E-state index contributed by atoms with van der Waals surface area (Å²) in [6.07, 6.45) is 0.603. The van der Waals surface area contributed by atoms with Crippen LogP contribution in [0.5, 0.6) is 11.5 Å². The second-order valence-electron chi connectivity index (χ2n) is 7.26. The number of rotatable bonds is 6. The van der Waals surface area contributed by atoms with Gasteiger partial charge >= 0.3 is 0 Å². The van der Waals surface area contributed by atoms with Crippen molar-refractivity contribution in [1.82, 2.24) is 4.90 Å². The number of methoxy groups -OCH3 is 3. The second-order valence-corrected chi connectivity index (χ2v) is 7.26. The smallest absolute Gasteiger partial charge is 0.195 e. The number of para-hydroxylation sites is 1. The quantitative estimate of drug-likeness (QED) is 0.716. The first kappa shape index (κ1) is 20.0. The lowest BCUT2D eigenvalue weighted by molar-refractivity contribution is -0.117. The normalized spacial score (nSPS) is 20.4. The van der Waals surface area contributed by atoms with E-state index in [-0.39, 0.29) is 11.6 Å². The van der Waals surface area contributed by atoms with Crippen molar-refractivity contribution in [2.75, 3.05) is 39.8 Å². The maximum absolute atomic E-state index is 13.6. The summed E-state index contributed by atoms with van der Waals surface area (Å²) in [6, 6.07) is 12.7. The fraction of sp³-hybridized carbons (Fsp3) is 0.304. The number of ether oxygens (including phenoxy) is 3. The van der Waals surface area contributed by atoms with Crippen LogP contribution < -0.4 is 14.8 Å². The molecule has 0 bridgehead atoms. The Morgan fingerprint density at radius 2 is 1.80 bits per heavy atom. The number of hydrogen-bond acceptors (Lipinski definition) is 6. The third-order valence-electron chi connectivity index (χ3n) is 5.53. The predicted molar refractivity (Wildman–Crippen MR) is 114 cm³/mol. The molecule has 0 aromatic heterocycles. The van der Waals surface area contributed by atoms with Crippen LogP contribution in [0.3, 0.4) is 0 Å². The molecule has 2 aromatic rings. The first-order chi connectivity index (χ1) is 14.6. The van der Waals surface area contributed by atoms with E-state index in [0.29, 0.717) is 36.6 Å². The highest BCUT2D eigenvalue weighted by molar-refractivity contribution is 6.28. The molecule has 0 amide bonds. The van der Waals surface area contributed by atoms with E-state index in [4.69, 9.17) is 19.6 Å². The third-order valence-corrected chi connectivity index (χ3v) is 5.53. The molecule has 7 nitrogen and oxygen atoms in total. The predicted octanol–water partition coefficient (Wildman–Crippen LogP) is 3.18. The maximum Gasteiger partial charge on any atom is 0.195 e. The number of allylic oxidation sites excluding steroid dienone is 1. The summed E-state index contributed by atoms with van der Waals surface area (Å²) >= 11 is 0. The van der Waals surface area contributed by atoms with Crippen LogP contribution in [0.25, 0.3) is 0 Å². The van der Waals surface area contributed by atoms with Crippen molar-refractivity contribution >= 4 is 17.3 Å². The fourth-order valence-electron chi connectivity index (χ4n) is 4.05. The molecule has 2 heterocycles. The Morgan fingerprint density at radius 3 is 2.43 bits per heavy atom. The summed E-state index contributed by atoms with van der Waals surface area (Å²) in [5.41, 5.74) is 4.02. The van der Waals surface area contributed by atoms with Gasteiger partial charge in [0.25, 0.3) is 0 Å². The summed E-state index contributed by atoms with van der Waals surface area (Å²) in [4.78, 5) is 15.4. The third kappa shape index (κ3) is 3.41. The lowest BCUT2D eigenvalue weighted by atomic mass is 9.99. The Balaban J connectivity index is 1.78. The molecule has 0 radical (unpaired) electrons. The van der Waals surface area contributed by atoms with Gasteiger partial charge in [-0.2, -0.15) is 0 Å². The summed E-state index contributed by atoms with van der Waals surface area (Å²) in [7, 11) is 4.76. The van der Waals surface area contributed by atoms with Crippen LogP contribution in [-0.2, 0) is 16.0 Å². The van der Waals surface area contributed by atoms with Gasteiger partial charge in [0.05, 0.1) is 26.4 Å². The number of benzene rings is 2. The number of amidine groups is 1. The van der Waals surface area contributed by atoms with E-state index in [1.165, 1.54) is 0 Å². The van der Waals surface area contributed by atoms with Gasteiger partial charge in [-0.15, -0.1) is 0 Å². The van der Waals surface area contributed by atoms with E-state index in [0.717, 1.165) is 22.5 Å². The Kier molecular flexibility index (Phi) is 5.46. The monoisotopic (exact) mass is 407 g/mol. The van der Waals surface area contributed by atoms with Crippen molar-refractivity contribution < 1.29 is 19.0 Å². The number of hydrogen-bond donors (Lipinski definition) is 2. The van der Waals surface area contributed by atoms with Crippen molar-refractivity contribution in [3.05, 3.63) is 64.9 Å². The molecular formula is C23H25N3O4. The van der Waals surface area contributed by atoms with Gasteiger partial charge in [0.15, 0.2) is 5.78 Å². The summed E-state index contributed by atoms with van der Waals surface area (Å²) in [5, 5.41) is 12.2. The molecule has 1 saturated heterocycles. The molecule has 0 aliphatic carbocycles. The number of nitrogens with zero attached hydrogens (tertiary/aromatic N) is 1. The number of fused-ring (bicyclic) bond motifs is 1. The molecule has 1 atom stereocenters. The minimum Gasteiger partial charge on any atom is -0.497 e. The number of anilines is 1. The number of carbonyl (C=O) groups is 1. The van der Waals surface area contributed by atoms with Gasteiger partial charge in [0.2, 0.25) is 0 Å². The lowest BCUT2D eigenvalue weighted by Crippen LogP contribution is -2.32.